The van der Waals surface area contributed by atoms with Crippen LogP contribution in [0.25, 0.3) is 0 Å². The first-order valence-corrected chi connectivity index (χ1v) is 13.9. The van der Waals surface area contributed by atoms with Gasteiger partial charge in [0, 0.05) is 18.0 Å². The first-order valence-electron chi connectivity index (χ1n) is 13.9. The molecule has 0 aromatic rings. The van der Waals surface area contributed by atoms with Crippen molar-refractivity contribution in [2.24, 2.45) is 11.8 Å². The molecule has 1 saturated carbocycles. The number of likely N-dealkylation sites (tertiary alicyclic amines) is 1. The Morgan fingerprint density at radius 2 is 1.60 bits per heavy atom. The number of nitrogens with zero attached hydrogens (tertiary/aromatic N) is 2. The van der Waals surface area contributed by atoms with Gasteiger partial charge in [-0.2, -0.15) is 5.26 Å². The van der Waals surface area contributed by atoms with Crippen molar-refractivity contribution in [1.82, 2.24) is 4.90 Å². The van der Waals surface area contributed by atoms with Crippen LogP contribution in [0.1, 0.15) is 143 Å². The molecule has 0 N–H and O–H groups in total. The third-order valence-electron chi connectivity index (χ3n) is 8.56. The summed E-state index contributed by atoms with van der Waals surface area (Å²) >= 11 is 0. The molecular formula is C28H52N2. The Morgan fingerprint density at radius 3 is 2.30 bits per heavy atom. The minimum atomic E-state index is 0.439. The molecule has 174 valence electrons. The van der Waals surface area contributed by atoms with E-state index in [1.54, 1.807) is 0 Å². The zero-order chi connectivity index (χ0) is 21.7. The molecule has 2 heteroatoms. The van der Waals surface area contributed by atoms with Crippen LogP contribution in [0.3, 0.4) is 0 Å². The van der Waals surface area contributed by atoms with Crippen molar-refractivity contribution >= 4 is 0 Å². The van der Waals surface area contributed by atoms with E-state index in [0.717, 1.165) is 30.7 Å². The second kappa shape index (κ2) is 14.5. The van der Waals surface area contributed by atoms with Crippen molar-refractivity contribution in [2.45, 2.75) is 154 Å². The van der Waals surface area contributed by atoms with Crippen molar-refractivity contribution in [2.75, 3.05) is 6.54 Å². The van der Waals surface area contributed by atoms with E-state index in [1.807, 2.05) is 0 Å². The van der Waals surface area contributed by atoms with E-state index in [9.17, 15) is 0 Å². The van der Waals surface area contributed by atoms with Crippen molar-refractivity contribution in [3.63, 3.8) is 0 Å². The molecule has 4 atom stereocenters. The molecule has 2 aliphatic rings. The number of rotatable bonds is 15. The summed E-state index contributed by atoms with van der Waals surface area (Å²) < 4.78 is 0. The SMILES string of the molecule is CCCCCCC1CC(CC)(CCCCCC)N(CCCCC#N)C2CCCCC12. The van der Waals surface area contributed by atoms with Gasteiger partial charge in [-0.3, -0.25) is 4.90 Å². The summed E-state index contributed by atoms with van der Waals surface area (Å²) in [5, 5.41) is 9.00. The highest BCUT2D eigenvalue weighted by Crippen LogP contribution is 2.50. The van der Waals surface area contributed by atoms with Gasteiger partial charge in [-0.1, -0.05) is 91.4 Å². The summed E-state index contributed by atoms with van der Waals surface area (Å²) in [5.74, 6) is 1.92. The molecule has 1 saturated heterocycles. The lowest BCUT2D eigenvalue weighted by molar-refractivity contribution is -0.0893. The van der Waals surface area contributed by atoms with Gasteiger partial charge in [-0.15, -0.1) is 0 Å². The molecule has 0 aromatic heterocycles. The summed E-state index contributed by atoms with van der Waals surface area (Å²) in [6, 6.07) is 3.20. The molecule has 1 aliphatic carbocycles. The molecule has 2 nitrogen and oxygen atoms in total. The van der Waals surface area contributed by atoms with E-state index in [2.05, 4.69) is 31.7 Å². The summed E-state index contributed by atoms with van der Waals surface area (Å²) in [6.45, 7) is 8.39. The molecule has 0 bridgehead atoms. The highest BCUT2D eigenvalue weighted by Gasteiger charge is 2.49. The number of fused-ring (bicyclic) bond motifs is 1. The molecule has 30 heavy (non-hydrogen) atoms. The molecule has 0 amide bonds. The van der Waals surface area contributed by atoms with E-state index >= 15 is 0 Å². The summed E-state index contributed by atoms with van der Waals surface area (Å²) in [7, 11) is 0. The van der Waals surface area contributed by atoms with Crippen molar-refractivity contribution in [3.8, 4) is 6.07 Å². The standard InChI is InChI=1S/C28H52N2/c1-4-7-9-12-18-25-24-28(6-3,21-15-10-8-5-2)30(23-17-11-16-22-29)27-20-14-13-19-26(25)27/h25-27H,4-21,23-24H2,1-3H3. The number of hydrogen-bond acceptors (Lipinski definition) is 2. The highest BCUT2D eigenvalue weighted by atomic mass is 15.2. The van der Waals surface area contributed by atoms with Gasteiger partial charge in [0.1, 0.15) is 0 Å². The van der Waals surface area contributed by atoms with E-state index in [-0.39, 0.29) is 0 Å². The lowest BCUT2D eigenvalue weighted by atomic mass is 9.62. The van der Waals surface area contributed by atoms with Crippen LogP contribution in [0.5, 0.6) is 0 Å². The van der Waals surface area contributed by atoms with Crippen molar-refractivity contribution in [1.29, 1.82) is 5.26 Å². The molecule has 1 heterocycles. The summed E-state index contributed by atoms with van der Waals surface area (Å²) in [4.78, 5) is 3.04. The maximum atomic E-state index is 9.00. The van der Waals surface area contributed by atoms with Crippen LogP contribution >= 0.6 is 0 Å². The van der Waals surface area contributed by atoms with Crippen molar-refractivity contribution < 1.29 is 0 Å². The molecule has 1 aliphatic heterocycles. The van der Waals surface area contributed by atoms with Crippen LogP contribution in [0, 0.1) is 23.2 Å². The quantitative estimate of drug-likeness (QED) is 0.250. The molecule has 0 spiro atoms. The fraction of sp³-hybridized carbons (Fsp3) is 0.964. The maximum Gasteiger partial charge on any atom is 0.0621 e. The zero-order valence-electron chi connectivity index (χ0n) is 20.8. The van der Waals surface area contributed by atoms with E-state index in [4.69, 9.17) is 5.26 Å². The Kier molecular flexibility index (Phi) is 12.4. The molecule has 2 fully saturated rings. The Labute approximate surface area is 189 Å². The molecule has 4 unspecified atom stereocenters. The molecule has 2 rings (SSSR count). The predicted octanol–water partition coefficient (Wildman–Crippen LogP) is 8.65. The summed E-state index contributed by atoms with van der Waals surface area (Å²) in [5.41, 5.74) is 0.439. The van der Waals surface area contributed by atoms with Crippen molar-refractivity contribution in [3.05, 3.63) is 0 Å². The van der Waals surface area contributed by atoms with Gasteiger partial charge < -0.3 is 0 Å². The normalized spacial score (nSPS) is 29.5. The number of hydrogen-bond donors (Lipinski definition) is 0. The van der Waals surface area contributed by atoms with Crippen LogP contribution in [-0.4, -0.2) is 23.0 Å². The van der Waals surface area contributed by atoms with Gasteiger partial charge in [0.15, 0.2) is 0 Å². The zero-order valence-corrected chi connectivity index (χ0v) is 20.8. The van der Waals surface area contributed by atoms with Crippen LogP contribution in [0.15, 0.2) is 0 Å². The van der Waals surface area contributed by atoms with Crippen LogP contribution in [0.4, 0.5) is 0 Å². The van der Waals surface area contributed by atoms with Gasteiger partial charge in [0.2, 0.25) is 0 Å². The smallest absolute Gasteiger partial charge is 0.0621 e. The average molecular weight is 417 g/mol. The Balaban J connectivity index is 2.15. The lowest BCUT2D eigenvalue weighted by Crippen LogP contribution is -2.62. The fourth-order valence-corrected chi connectivity index (χ4v) is 6.87. The minimum absolute atomic E-state index is 0.439. The topological polar surface area (TPSA) is 27.0 Å². The van der Waals surface area contributed by atoms with Gasteiger partial charge >= 0.3 is 0 Å². The summed E-state index contributed by atoms with van der Waals surface area (Å²) in [6.07, 6.45) is 25.8. The molecule has 0 aromatic carbocycles. The van der Waals surface area contributed by atoms with Gasteiger partial charge in [-0.25, -0.2) is 0 Å². The monoisotopic (exact) mass is 416 g/mol. The maximum absolute atomic E-state index is 9.00. The second-order valence-corrected chi connectivity index (χ2v) is 10.5. The predicted molar refractivity (Wildman–Crippen MR) is 131 cm³/mol. The van der Waals surface area contributed by atoms with Crippen LogP contribution in [0.2, 0.25) is 0 Å². The largest absolute Gasteiger partial charge is 0.294 e. The first-order chi connectivity index (χ1) is 14.7. The second-order valence-electron chi connectivity index (χ2n) is 10.5. The van der Waals surface area contributed by atoms with Crippen LogP contribution in [-0.2, 0) is 0 Å². The first kappa shape index (κ1) is 25.7. The van der Waals surface area contributed by atoms with E-state index in [1.165, 1.54) is 116 Å². The van der Waals surface area contributed by atoms with Gasteiger partial charge in [0.25, 0.3) is 0 Å². The third kappa shape index (κ3) is 7.25. The Hall–Kier alpha value is -0.550. The third-order valence-corrected chi connectivity index (χ3v) is 8.56. The number of unbranched alkanes of at least 4 members (excludes halogenated alkanes) is 8. The molecular weight excluding hydrogens is 364 g/mol. The van der Waals surface area contributed by atoms with Crippen LogP contribution < -0.4 is 0 Å². The lowest BCUT2D eigenvalue weighted by Gasteiger charge is -2.59. The highest BCUT2D eigenvalue weighted by molar-refractivity contribution is 5.04. The number of nitriles is 1. The molecule has 0 radical (unpaired) electrons. The average Bonchev–Trinajstić information content (AvgIpc) is 2.78. The van der Waals surface area contributed by atoms with E-state index < -0.39 is 0 Å². The van der Waals surface area contributed by atoms with E-state index in [0.29, 0.717) is 5.54 Å². The fourth-order valence-electron chi connectivity index (χ4n) is 6.87. The van der Waals surface area contributed by atoms with Gasteiger partial charge in [0.05, 0.1) is 6.07 Å². The minimum Gasteiger partial charge on any atom is -0.294 e. The Bertz CT molecular complexity index is 482. The number of piperidine rings is 1. The van der Waals surface area contributed by atoms with Gasteiger partial charge in [-0.05, 0) is 63.3 Å². The Morgan fingerprint density at radius 1 is 0.867 bits per heavy atom.